The molecule has 1 saturated heterocycles. The molecule has 0 radical (unpaired) electrons. The van der Waals surface area contributed by atoms with Crippen molar-refractivity contribution in [2.45, 2.75) is 12.5 Å². The number of carbonyl (C=O) groups is 1. The monoisotopic (exact) mass is 218 g/mol. The van der Waals surface area contributed by atoms with Gasteiger partial charge in [-0.1, -0.05) is 18.2 Å². The summed E-state index contributed by atoms with van der Waals surface area (Å²) in [6.45, 7) is 1.72. The Kier molecular flexibility index (Phi) is 3.25. The maximum Gasteiger partial charge on any atom is 0.253 e. The molecule has 0 spiro atoms. The van der Waals surface area contributed by atoms with E-state index in [0.717, 1.165) is 25.1 Å². The Bertz CT molecular complexity index is 361. The molecule has 16 heavy (non-hydrogen) atoms. The first-order valence-corrected chi connectivity index (χ1v) is 5.69. The molecule has 1 aromatic carbocycles. The zero-order chi connectivity index (χ0) is 11.5. The van der Waals surface area contributed by atoms with Gasteiger partial charge in [0.15, 0.2) is 0 Å². The number of hydrogen-bond donors (Lipinski definition) is 0. The van der Waals surface area contributed by atoms with Gasteiger partial charge in [-0.2, -0.15) is 0 Å². The van der Waals surface area contributed by atoms with Gasteiger partial charge in [0.2, 0.25) is 0 Å². The van der Waals surface area contributed by atoms with Crippen LogP contribution in [0.4, 0.5) is 0 Å². The molecule has 0 N–H and O–H groups in total. The van der Waals surface area contributed by atoms with Gasteiger partial charge in [0.05, 0.1) is 0 Å². The van der Waals surface area contributed by atoms with E-state index in [-0.39, 0.29) is 5.91 Å². The minimum Gasteiger partial charge on any atom is -0.337 e. The molecule has 3 nitrogen and oxygen atoms in total. The highest BCUT2D eigenvalue weighted by Crippen LogP contribution is 2.16. The van der Waals surface area contributed by atoms with E-state index in [2.05, 4.69) is 19.0 Å². The largest absolute Gasteiger partial charge is 0.337 e. The molecule has 86 valence electrons. The fourth-order valence-corrected chi connectivity index (χ4v) is 2.11. The zero-order valence-corrected chi connectivity index (χ0v) is 9.89. The highest BCUT2D eigenvalue weighted by atomic mass is 16.2. The molecule has 1 aliphatic heterocycles. The summed E-state index contributed by atoms with van der Waals surface area (Å²) < 4.78 is 0. The SMILES string of the molecule is CN(C)[C@@H]1CCN(C(=O)c2ccccc2)C1. The second-order valence-corrected chi connectivity index (χ2v) is 4.52. The van der Waals surface area contributed by atoms with Crippen LogP contribution in [0.1, 0.15) is 16.8 Å². The quantitative estimate of drug-likeness (QED) is 0.750. The van der Waals surface area contributed by atoms with Crippen molar-refractivity contribution in [3.63, 3.8) is 0 Å². The lowest BCUT2D eigenvalue weighted by molar-refractivity contribution is 0.0783. The fraction of sp³-hybridized carbons (Fsp3) is 0.462. The van der Waals surface area contributed by atoms with Gasteiger partial charge in [0.25, 0.3) is 5.91 Å². The number of amides is 1. The van der Waals surface area contributed by atoms with E-state index in [0.29, 0.717) is 6.04 Å². The van der Waals surface area contributed by atoms with Crippen molar-refractivity contribution in [2.75, 3.05) is 27.2 Å². The van der Waals surface area contributed by atoms with Gasteiger partial charge < -0.3 is 9.80 Å². The van der Waals surface area contributed by atoms with E-state index in [9.17, 15) is 4.79 Å². The molecule has 0 aromatic heterocycles. The lowest BCUT2D eigenvalue weighted by atomic mass is 10.2. The molecule has 0 saturated carbocycles. The van der Waals surface area contributed by atoms with E-state index < -0.39 is 0 Å². The first kappa shape index (κ1) is 11.1. The number of nitrogens with zero attached hydrogens (tertiary/aromatic N) is 2. The number of likely N-dealkylation sites (tertiary alicyclic amines) is 1. The third-order valence-electron chi connectivity index (χ3n) is 3.20. The third-order valence-corrected chi connectivity index (χ3v) is 3.20. The van der Waals surface area contributed by atoms with Crippen LogP contribution in [0.2, 0.25) is 0 Å². The molecule has 1 atom stereocenters. The lowest BCUT2D eigenvalue weighted by Gasteiger charge is -2.20. The highest BCUT2D eigenvalue weighted by molar-refractivity contribution is 5.94. The van der Waals surface area contributed by atoms with Crippen LogP contribution in [0.15, 0.2) is 30.3 Å². The molecular weight excluding hydrogens is 200 g/mol. The van der Waals surface area contributed by atoms with Gasteiger partial charge >= 0.3 is 0 Å². The van der Waals surface area contributed by atoms with Crippen molar-refractivity contribution < 1.29 is 4.79 Å². The van der Waals surface area contributed by atoms with E-state index in [4.69, 9.17) is 0 Å². The van der Waals surface area contributed by atoms with Gasteiger partial charge in [-0.3, -0.25) is 4.79 Å². The first-order chi connectivity index (χ1) is 7.68. The summed E-state index contributed by atoms with van der Waals surface area (Å²) in [6.07, 6.45) is 1.07. The van der Waals surface area contributed by atoms with Crippen molar-refractivity contribution in [3.05, 3.63) is 35.9 Å². The number of likely N-dealkylation sites (N-methyl/N-ethyl adjacent to an activating group) is 1. The average Bonchev–Trinajstić information content (AvgIpc) is 2.78. The number of carbonyl (C=O) groups excluding carboxylic acids is 1. The van der Waals surface area contributed by atoms with E-state index in [1.165, 1.54) is 0 Å². The normalized spacial score (nSPS) is 20.4. The standard InChI is InChI=1S/C13H18N2O/c1-14(2)12-8-9-15(10-12)13(16)11-6-4-3-5-7-11/h3-7,12H,8-10H2,1-2H3/t12-/m1/s1. The molecule has 1 aliphatic rings. The Morgan fingerprint density at radius 1 is 1.31 bits per heavy atom. The Balaban J connectivity index is 2.03. The maximum absolute atomic E-state index is 12.1. The fourth-order valence-electron chi connectivity index (χ4n) is 2.11. The molecule has 3 heteroatoms. The van der Waals surface area contributed by atoms with Crippen LogP contribution < -0.4 is 0 Å². The minimum absolute atomic E-state index is 0.157. The summed E-state index contributed by atoms with van der Waals surface area (Å²) >= 11 is 0. The topological polar surface area (TPSA) is 23.6 Å². The van der Waals surface area contributed by atoms with Crippen molar-refractivity contribution >= 4 is 5.91 Å². The highest BCUT2D eigenvalue weighted by Gasteiger charge is 2.27. The summed E-state index contributed by atoms with van der Waals surface area (Å²) in [5.74, 6) is 0.157. The predicted molar refractivity (Wildman–Crippen MR) is 64.4 cm³/mol. The van der Waals surface area contributed by atoms with Crippen LogP contribution in [0, 0.1) is 0 Å². The van der Waals surface area contributed by atoms with Crippen LogP contribution in [-0.2, 0) is 0 Å². The van der Waals surface area contributed by atoms with Crippen LogP contribution in [0.5, 0.6) is 0 Å². The number of rotatable bonds is 2. The second kappa shape index (κ2) is 4.66. The Morgan fingerprint density at radius 3 is 2.56 bits per heavy atom. The van der Waals surface area contributed by atoms with E-state index >= 15 is 0 Å². The summed E-state index contributed by atoms with van der Waals surface area (Å²) in [5.41, 5.74) is 0.793. The van der Waals surface area contributed by atoms with Gasteiger partial charge in [-0.15, -0.1) is 0 Å². The first-order valence-electron chi connectivity index (χ1n) is 5.69. The van der Waals surface area contributed by atoms with Crippen LogP contribution in [0.25, 0.3) is 0 Å². The Hall–Kier alpha value is -1.35. The predicted octanol–water partition coefficient (Wildman–Crippen LogP) is 1.46. The zero-order valence-electron chi connectivity index (χ0n) is 9.89. The summed E-state index contributed by atoms with van der Waals surface area (Å²) in [6, 6.07) is 10.0. The molecule has 1 fully saturated rings. The van der Waals surface area contributed by atoms with Gasteiger partial charge in [0, 0.05) is 24.7 Å². The average molecular weight is 218 g/mol. The van der Waals surface area contributed by atoms with Gasteiger partial charge in [-0.05, 0) is 32.6 Å². The Labute approximate surface area is 96.7 Å². The summed E-state index contributed by atoms with van der Waals surface area (Å²) in [4.78, 5) is 16.3. The molecule has 1 heterocycles. The van der Waals surface area contributed by atoms with Gasteiger partial charge in [0.1, 0.15) is 0 Å². The molecule has 0 aliphatic carbocycles. The van der Waals surface area contributed by atoms with E-state index in [1.807, 2.05) is 35.2 Å². The van der Waals surface area contributed by atoms with Crippen LogP contribution >= 0.6 is 0 Å². The maximum atomic E-state index is 12.1. The Morgan fingerprint density at radius 2 is 2.00 bits per heavy atom. The molecule has 1 aromatic rings. The molecule has 0 bridgehead atoms. The number of hydrogen-bond acceptors (Lipinski definition) is 2. The van der Waals surface area contributed by atoms with Crippen molar-refractivity contribution in [2.24, 2.45) is 0 Å². The summed E-state index contributed by atoms with van der Waals surface area (Å²) in [7, 11) is 4.14. The van der Waals surface area contributed by atoms with Crippen molar-refractivity contribution in [1.82, 2.24) is 9.80 Å². The van der Waals surface area contributed by atoms with Crippen molar-refractivity contribution in [3.8, 4) is 0 Å². The minimum atomic E-state index is 0.157. The van der Waals surface area contributed by atoms with Gasteiger partial charge in [-0.25, -0.2) is 0 Å². The smallest absolute Gasteiger partial charge is 0.253 e. The van der Waals surface area contributed by atoms with Crippen LogP contribution in [0.3, 0.4) is 0 Å². The van der Waals surface area contributed by atoms with Crippen molar-refractivity contribution in [1.29, 1.82) is 0 Å². The lowest BCUT2D eigenvalue weighted by Crippen LogP contribution is -2.34. The van der Waals surface area contributed by atoms with Crippen LogP contribution in [-0.4, -0.2) is 48.9 Å². The summed E-state index contributed by atoms with van der Waals surface area (Å²) in [5, 5.41) is 0. The molecule has 2 rings (SSSR count). The molecule has 1 amide bonds. The molecule has 0 unspecified atom stereocenters. The number of benzene rings is 1. The molecular formula is C13H18N2O. The third kappa shape index (κ3) is 2.25. The second-order valence-electron chi connectivity index (χ2n) is 4.52. The van der Waals surface area contributed by atoms with E-state index in [1.54, 1.807) is 0 Å².